The molecule has 0 saturated carbocycles. The minimum absolute atomic E-state index is 0.169. The Bertz CT molecular complexity index is 114. The molecule has 0 atom stereocenters. The molecule has 0 aliphatic carbocycles. The number of hydrogen-bond acceptors (Lipinski definition) is 2. The summed E-state index contributed by atoms with van der Waals surface area (Å²) in [6.07, 6.45) is 1.97. The van der Waals surface area contributed by atoms with Gasteiger partial charge in [-0.1, -0.05) is 0 Å². The Morgan fingerprint density at radius 3 is 2.89 bits per heavy atom. The van der Waals surface area contributed by atoms with Gasteiger partial charge in [0.25, 0.3) is 0 Å². The number of rotatable bonds is 2. The first kappa shape index (κ1) is 6.55. The van der Waals surface area contributed by atoms with Gasteiger partial charge in [0, 0.05) is 19.5 Å². The molecule has 0 unspecified atom stereocenters. The molecule has 52 valence electrons. The van der Waals surface area contributed by atoms with Crippen LogP contribution in [0, 0.1) is 5.41 Å². The van der Waals surface area contributed by atoms with Crippen LogP contribution in [-0.2, 0) is 0 Å². The van der Waals surface area contributed by atoms with E-state index in [2.05, 4.69) is 0 Å². The Kier molecular flexibility index (Phi) is 2.05. The average Bonchev–Trinajstić information content (AvgIpc) is 2.18. The standard InChI is InChI=1S/C6H12N2O/c7-6-2-1-3-8(6)4-5-9/h7,9H,1-5H2. The first-order valence-corrected chi connectivity index (χ1v) is 3.28. The monoisotopic (exact) mass is 128 g/mol. The molecule has 0 bridgehead atoms. The van der Waals surface area contributed by atoms with Crippen molar-refractivity contribution in [3.05, 3.63) is 0 Å². The van der Waals surface area contributed by atoms with Gasteiger partial charge in [-0.2, -0.15) is 0 Å². The molecule has 1 rings (SSSR count). The SMILES string of the molecule is N=C1CCCN1CCO. The second kappa shape index (κ2) is 2.82. The zero-order valence-electron chi connectivity index (χ0n) is 5.43. The largest absolute Gasteiger partial charge is 0.395 e. The van der Waals surface area contributed by atoms with Crippen LogP contribution in [0.25, 0.3) is 0 Å². The normalized spacial score (nSPS) is 19.2. The number of aliphatic hydroxyl groups is 1. The molecule has 0 aromatic rings. The van der Waals surface area contributed by atoms with Crippen molar-refractivity contribution in [3.63, 3.8) is 0 Å². The summed E-state index contributed by atoms with van der Waals surface area (Å²) >= 11 is 0. The molecule has 0 radical (unpaired) electrons. The van der Waals surface area contributed by atoms with Crippen LogP contribution in [0.3, 0.4) is 0 Å². The molecule has 9 heavy (non-hydrogen) atoms. The fourth-order valence-electron chi connectivity index (χ4n) is 1.10. The molecule has 1 aliphatic rings. The zero-order chi connectivity index (χ0) is 6.69. The van der Waals surface area contributed by atoms with Crippen LogP contribution in [0.1, 0.15) is 12.8 Å². The Balaban J connectivity index is 2.31. The Labute approximate surface area is 54.8 Å². The van der Waals surface area contributed by atoms with Crippen LogP contribution in [-0.4, -0.2) is 35.5 Å². The highest BCUT2D eigenvalue weighted by atomic mass is 16.3. The van der Waals surface area contributed by atoms with Crippen molar-refractivity contribution in [3.8, 4) is 0 Å². The molecule has 1 aliphatic heterocycles. The van der Waals surface area contributed by atoms with Gasteiger partial charge in [0.05, 0.1) is 12.4 Å². The topological polar surface area (TPSA) is 47.3 Å². The third kappa shape index (κ3) is 1.42. The molecular formula is C6H12N2O. The molecule has 3 nitrogen and oxygen atoms in total. The van der Waals surface area contributed by atoms with Gasteiger partial charge >= 0.3 is 0 Å². The van der Waals surface area contributed by atoms with Gasteiger partial charge in [-0.15, -0.1) is 0 Å². The van der Waals surface area contributed by atoms with Gasteiger partial charge in [0.1, 0.15) is 0 Å². The average molecular weight is 128 g/mol. The van der Waals surface area contributed by atoms with E-state index in [-0.39, 0.29) is 6.61 Å². The molecule has 0 aromatic carbocycles. The third-order valence-electron chi connectivity index (χ3n) is 1.59. The molecule has 2 N–H and O–H groups in total. The van der Waals surface area contributed by atoms with Gasteiger partial charge in [0.2, 0.25) is 0 Å². The maximum absolute atomic E-state index is 8.51. The molecule has 3 heteroatoms. The van der Waals surface area contributed by atoms with E-state index >= 15 is 0 Å². The van der Waals surface area contributed by atoms with Crippen LogP contribution in [0.4, 0.5) is 0 Å². The van der Waals surface area contributed by atoms with Gasteiger partial charge < -0.3 is 10.0 Å². The summed E-state index contributed by atoms with van der Waals surface area (Å²) in [6.45, 7) is 1.76. The van der Waals surface area contributed by atoms with E-state index in [1.165, 1.54) is 0 Å². The lowest BCUT2D eigenvalue weighted by molar-refractivity contribution is 0.255. The summed E-state index contributed by atoms with van der Waals surface area (Å²) in [5, 5.41) is 15.8. The van der Waals surface area contributed by atoms with Gasteiger partial charge in [0.15, 0.2) is 0 Å². The molecule has 0 amide bonds. The second-order valence-corrected chi connectivity index (χ2v) is 2.26. The molecule has 1 saturated heterocycles. The summed E-state index contributed by atoms with van der Waals surface area (Å²) < 4.78 is 0. The van der Waals surface area contributed by atoms with Crippen molar-refractivity contribution in [1.82, 2.24) is 4.90 Å². The van der Waals surface area contributed by atoms with Crippen molar-refractivity contribution in [2.75, 3.05) is 19.7 Å². The predicted octanol–water partition coefficient (Wildman–Crippen LogP) is 0.0518. The molecule has 1 fully saturated rings. The van der Waals surface area contributed by atoms with E-state index in [1.807, 2.05) is 4.90 Å². The van der Waals surface area contributed by atoms with Crippen molar-refractivity contribution in [2.24, 2.45) is 0 Å². The summed E-state index contributed by atoms with van der Waals surface area (Å²) in [5.41, 5.74) is 0. The van der Waals surface area contributed by atoms with E-state index in [0.717, 1.165) is 19.4 Å². The Morgan fingerprint density at radius 2 is 2.44 bits per heavy atom. The van der Waals surface area contributed by atoms with E-state index < -0.39 is 0 Å². The van der Waals surface area contributed by atoms with E-state index in [0.29, 0.717) is 12.4 Å². The van der Waals surface area contributed by atoms with Gasteiger partial charge in [-0.25, -0.2) is 0 Å². The first-order chi connectivity index (χ1) is 4.34. The number of likely N-dealkylation sites (tertiary alicyclic amines) is 1. The lowest BCUT2D eigenvalue weighted by atomic mass is 10.4. The van der Waals surface area contributed by atoms with Crippen LogP contribution < -0.4 is 0 Å². The number of nitrogens with zero attached hydrogens (tertiary/aromatic N) is 1. The summed E-state index contributed by atoms with van der Waals surface area (Å²) in [6, 6.07) is 0. The minimum Gasteiger partial charge on any atom is -0.395 e. The Hall–Kier alpha value is -0.570. The number of β-amino-alcohol motifs (C(OH)–C–C–N with tert-alkyl or cyclic N) is 1. The molecule has 0 spiro atoms. The second-order valence-electron chi connectivity index (χ2n) is 2.26. The van der Waals surface area contributed by atoms with E-state index in [4.69, 9.17) is 10.5 Å². The van der Waals surface area contributed by atoms with Gasteiger partial charge in [-0.05, 0) is 6.42 Å². The highest BCUT2D eigenvalue weighted by molar-refractivity contribution is 5.80. The van der Waals surface area contributed by atoms with Crippen molar-refractivity contribution >= 4 is 5.84 Å². The number of hydrogen-bond donors (Lipinski definition) is 2. The van der Waals surface area contributed by atoms with Crippen molar-refractivity contribution in [1.29, 1.82) is 5.41 Å². The van der Waals surface area contributed by atoms with Gasteiger partial charge in [-0.3, -0.25) is 5.41 Å². The Morgan fingerprint density at radius 1 is 1.67 bits per heavy atom. The first-order valence-electron chi connectivity index (χ1n) is 3.28. The highest BCUT2D eigenvalue weighted by Gasteiger charge is 2.14. The lowest BCUT2D eigenvalue weighted by Gasteiger charge is -2.14. The third-order valence-corrected chi connectivity index (χ3v) is 1.59. The smallest absolute Gasteiger partial charge is 0.0959 e. The molecule has 1 heterocycles. The number of amidine groups is 1. The predicted molar refractivity (Wildman–Crippen MR) is 35.6 cm³/mol. The van der Waals surface area contributed by atoms with E-state index in [1.54, 1.807) is 0 Å². The number of nitrogens with one attached hydrogen (secondary N) is 1. The fraction of sp³-hybridized carbons (Fsp3) is 0.833. The lowest BCUT2D eigenvalue weighted by Crippen LogP contribution is -2.27. The van der Waals surface area contributed by atoms with Crippen molar-refractivity contribution < 1.29 is 5.11 Å². The van der Waals surface area contributed by atoms with Crippen LogP contribution in [0.15, 0.2) is 0 Å². The van der Waals surface area contributed by atoms with E-state index in [9.17, 15) is 0 Å². The molecule has 0 aromatic heterocycles. The zero-order valence-corrected chi connectivity index (χ0v) is 5.43. The minimum atomic E-state index is 0.169. The maximum Gasteiger partial charge on any atom is 0.0959 e. The van der Waals surface area contributed by atoms with Crippen LogP contribution in [0.2, 0.25) is 0 Å². The van der Waals surface area contributed by atoms with Crippen LogP contribution >= 0.6 is 0 Å². The fourth-order valence-corrected chi connectivity index (χ4v) is 1.10. The quantitative estimate of drug-likeness (QED) is 0.552. The summed E-state index contributed by atoms with van der Waals surface area (Å²) in [4.78, 5) is 1.92. The highest BCUT2D eigenvalue weighted by Crippen LogP contribution is 2.08. The summed E-state index contributed by atoms with van der Waals surface area (Å²) in [7, 11) is 0. The molecular weight excluding hydrogens is 116 g/mol. The van der Waals surface area contributed by atoms with Crippen LogP contribution in [0.5, 0.6) is 0 Å². The number of aliphatic hydroxyl groups excluding tert-OH is 1. The maximum atomic E-state index is 8.51. The van der Waals surface area contributed by atoms with Crippen molar-refractivity contribution in [2.45, 2.75) is 12.8 Å². The summed E-state index contributed by atoms with van der Waals surface area (Å²) in [5.74, 6) is 0.684.